The van der Waals surface area contributed by atoms with Crippen molar-refractivity contribution in [3.05, 3.63) is 29.3 Å². The zero-order valence-corrected chi connectivity index (χ0v) is 15.1. The van der Waals surface area contributed by atoms with Crippen LogP contribution in [0, 0.1) is 5.41 Å². The van der Waals surface area contributed by atoms with Crippen molar-refractivity contribution in [1.82, 2.24) is 15.6 Å². The first-order chi connectivity index (χ1) is 11.6. The number of rotatable bonds is 6. The highest BCUT2D eigenvalue weighted by Gasteiger charge is 2.40. The van der Waals surface area contributed by atoms with E-state index >= 15 is 0 Å². The minimum Gasteiger partial charge on any atom is -0.384 e. The number of hydrogen-bond acceptors (Lipinski definition) is 5. The number of carbonyl (C=O) groups is 1. The van der Waals surface area contributed by atoms with E-state index in [2.05, 4.69) is 21.7 Å². The molecule has 1 atom stereocenters. The molecule has 0 radical (unpaired) electrons. The van der Waals surface area contributed by atoms with Crippen LogP contribution in [0.5, 0.6) is 0 Å². The number of benzene rings is 1. The highest BCUT2D eigenvalue weighted by molar-refractivity contribution is 7.18. The largest absolute Gasteiger partial charge is 0.384 e. The van der Waals surface area contributed by atoms with E-state index in [1.165, 1.54) is 4.70 Å². The van der Waals surface area contributed by atoms with Crippen molar-refractivity contribution in [3.8, 4) is 0 Å². The molecule has 0 aliphatic carbocycles. The van der Waals surface area contributed by atoms with Gasteiger partial charge in [-0.2, -0.15) is 0 Å². The smallest absolute Gasteiger partial charge is 0.228 e. The van der Waals surface area contributed by atoms with E-state index in [-0.39, 0.29) is 11.9 Å². The van der Waals surface area contributed by atoms with Crippen LogP contribution in [-0.2, 0) is 16.0 Å². The van der Waals surface area contributed by atoms with Crippen LogP contribution >= 0.6 is 11.3 Å². The molecule has 1 fully saturated rings. The average molecular weight is 347 g/mol. The van der Waals surface area contributed by atoms with Gasteiger partial charge in [-0.25, -0.2) is 4.98 Å². The van der Waals surface area contributed by atoms with Crippen molar-refractivity contribution >= 4 is 27.5 Å². The summed E-state index contributed by atoms with van der Waals surface area (Å²) in [7, 11) is 1.67. The Balaban J connectivity index is 1.64. The van der Waals surface area contributed by atoms with Crippen LogP contribution in [0.1, 0.15) is 24.8 Å². The van der Waals surface area contributed by atoms with E-state index in [0.29, 0.717) is 6.61 Å². The standard InChI is InChI=1S/C18H25N3O2S/c1-13(11-16-21-14-5-3-4-6-15(14)24-16)20-17(22)18(12-23-2)7-9-19-10-8-18/h3-6,13,19H,7-12H2,1-2H3,(H,20,22). The van der Waals surface area contributed by atoms with Gasteiger partial charge >= 0.3 is 0 Å². The molecule has 1 aliphatic heterocycles. The minimum atomic E-state index is -0.401. The Morgan fingerprint density at radius 2 is 2.17 bits per heavy atom. The molecule has 3 rings (SSSR count). The van der Waals surface area contributed by atoms with Crippen molar-refractivity contribution in [2.75, 3.05) is 26.8 Å². The number of hydrogen-bond donors (Lipinski definition) is 2. The summed E-state index contributed by atoms with van der Waals surface area (Å²) < 4.78 is 6.54. The number of para-hydroxylation sites is 1. The predicted octanol–water partition coefficient (Wildman–Crippen LogP) is 2.36. The topological polar surface area (TPSA) is 63.2 Å². The lowest BCUT2D eigenvalue weighted by atomic mass is 9.78. The van der Waals surface area contributed by atoms with Gasteiger partial charge < -0.3 is 15.4 Å². The normalized spacial score (nSPS) is 18.4. The molecule has 0 spiro atoms. The second-order valence-electron chi connectivity index (χ2n) is 6.62. The Kier molecular flexibility index (Phi) is 5.48. The van der Waals surface area contributed by atoms with E-state index in [0.717, 1.165) is 42.9 Å². The van der Waals surface area contributed by atoms with Crippen LogP contribution in [0.3, 0.4) is 0 Å². The number of nitrogens with zero attached hydrogens (tertiary/aromatic N) is 1. The van der Waals surface area contributed by atoms with Gasteiger partial charge in [-0.3, -0.25) is 4.79 Å². The quantitative estimate of drug-likeness (QED) is 0.842. The number of thiazole rings is 1. The first kappa shape index (κ1) is 17.3. The summed E-state index contributed by atoms with van der Waals surface area (Å²) in [6, 6.07) is 8.20. The van der Waals surface area contributed by atoms with Crippen LogP contribution < -0.4 is 10.6 Å². The molecular weight excluding hydrogens is 322 g/mol. The summed E-state index contributed by atoms with van der Waals surface area (Å²) in [6.07, 6.45) is 2.40. The van der Waals surface area contributed by atoms with E-state index in [9.17, 15) is 4.79 Å². The van der Waals surface area contributed by atoms with E-state index in [4.69, 9.17) is 4.74 Å². The number of nitrogens with one attached hydrogen (secondary N) is 2. The van der Waals surface area contributed by atoms with Crippen LogP contribution in [0.25, 0.3) is 10.2 Å². The van der Waals surface area contributed by atoms with Gasteiger partial charge in [-0.15, -0.1) is 11.3 Å². The molecule has 1 unspecified atom stereocenters. The summed E-state index contributed by atoms with van der Waals surface area (Å²) in [5.74, 6) is 0.111. The molecule has 6 heteroatoms. The molecule has 0 bridgehead atoms. The first-order valence-electron chi connectivity index (χ1n) is 8.48. The number of piperidine rings is 1. The maximum atomic E-state index is 12.8. The van der Waals surface area contributed by atoms with Crippen LogP contribution in [-0.4, -0.2) is 43.7 Å². The number of carbonyl (C=O) groups excluding carboxylic acids is 1. The lowest BCUT2D eigenvalue weighted by Crippen LogP contribution is -2.52. The molecule has 0 saturated carbocycles. The zero-order chi connectivity index (χ0) is 17.0. The van der Waals surface area contributed by atoms with E-state index in [1.807, 2.05) is 25.1 Å². The molecule has 130 valence electrons. The third-order valence-electron chi connectivity index (χ3n) is 4.66. The van der Waals surface area contributed by atoms with E-state index < -0.39 is 5.41 Å². The van der Waals surface area contributed by atoms with E-state index in [1.54, 1.807) is 18.4 Å². The fraction of sp³-hybridized carbons (Fsp3) is 0.556. The van der Waals surface area contributed by atoms with Crippen molar-refractivity contribution in [1.29, 1.82) is 0 Å². The van der Waals surface area contributed by atoms with Crippen molar-refractivity contribution in [2.45, 2.75) is 32.2 Å². The number of ether oxygens (including phenoxy) is 1. The van der Waals surface area contributed by atoms with Gasteiger partial charge in [0, 0.05) is 19.6 Å². The average Bonchev–Trinajstić information content (AvgIpc) is 2.97. The number of fused-ring (bicyclic) bond motifs is 1. The predicted molar refractivity (Wildman–Crippen MR) is 97.3 cm³/mol. The van der Waals surface area contributed by atoms with Crippen molar-refractivity contribution in [2.24, 2.45) is 5.41 Å². The Morgan fingerprint density at radius 3 is 2.88 bits per heavy atom. The molecule has 1 aromatic carbocycles. The maximum Gasteiger partial charge on any atom is 0.228 e. The Bertz CT molecular complexity index is 656. The van der Waals surface area contributed by atoms with Crippen molar-refractivity contribution < 1.29 is 9.53 Å². The monoisotopic (exact) mass is 347 g/mol. The lowest BCUT2D eigenvalue weighted by Gasteiger charge is -2.36. The summed E-state index contributed by atoms with van der Waals surface area (Å²) in [5, 5.41) is 7.57. The van der Waals surface area contributed by atoms with Crippen LogP contribution in [0.4, 0.5) is 0 Å². The van der Waals surface area contributed by atoms with Gasteiger partial charge in [0.05, 0.1) is 27.2 Å². The van der Waals surface area contributed by atoms with Gasteiger partial charge in [0.2, 0.25) is 5.91 Å². The fourth-order valence-electron chi connectivity index (χ4n) is 3.32. The Morgan fingerprint density at radius 1 is 1.42 bits per heavy atom. The van der Waals surface area contributed by atoms with Crippen LogP contribution in [0.15, 0.2) is 24.3 Å². The lowest BCUT2D eigenvalue weighted by molar-refractivity contribution is -0.136. The number of amides is 1. The van der Waals surface area contributed by atoms with Gasteiger partial charge in [0.15, 0.2) is 0 Å². The Hall–Kier alpha value is -1.50. The summed E-state index contributed by atoms with van der Waals surface area (Å²) >= 11 is 1.70. The Labute approximate surface area is 146 Å². The SMILES string of the molecule is COCC1(C(=O)NC(C)Cc2nc3ccccc3s2)CCNCC1. The molecule has 2 aromatic rings. The fourth-order valence-corrected chi connectivity index (χ4v) is 4.41. The third-order valence-corrected chi connectivity index (χ3v) is 5.72. The molecule has 2 N–H and O–H groups in total. The highest BCUT2D eigenvalue weighted by Crippen LogP contribution is 2.30. The third kappa shape index (κ3) is 3.77. The summed E-state index contributed by atoms with van der Waals surface area (Å²) in [5.41, 5.74) is 0.632. The molecule has 5 nitrogen and oxygen atoms in total. The highest BCUT2D eigenvalue weighted by atomic mass is 32.1. The second-order valence-corrected chi connectivity index (χ2v) is 7.73. The number of methoxy groups -OCH3 is 1. The molecule has 2 heterocycles. The van der Waals surface area contributed by atoms with Gasteiger partial charge in [-0.1, -0.05) is 12.1 Å². The molecule has 1 saturated heterocycles. The van der Waals surface area contributed by atoms with Crippen molar-refractivity contribution in [3.63, 3.8) is 0 Å². The molecule has 1 aromatic heterocycles. The minimum absolute atomic E-state index is 0.0571. The van der Waals surface area contributed by atoms with Gasteiger partial charge in [0.1, 0.15) is 0 Å². The first-order valence-corrected chi connectivity index (χ1v) is 9.30. The second kappa shape index (κ2) is 7.59. The van der Waals surface area contributed by atoms with Gasteiger partial charge in [0.25, 0.3) is 0 Å². The number of aromatic nitrogens is 1. The van der Waals surface area contributed by atoms with Gasteiger partial charge in [-0.05, 0) is 45.0 Å². The summed E-state index contributed by atoms with van der Waals surface area (Å²) in [4.78, 5) is 17.5. The molecule has 24 heavy (non-hydrogen) atoms. The van der Waals surface area contributed by atoms with Crippen LogP contribution in [0.2, 0.25) is 0 Å². The maximum absolute atomic E-state index is 12.8. The molecule has 1 aliphatic rings. The zero-order valence-electron chi connectivity index (χ0n) is 14.3. The summed E-state index contributed by atoms with van der Waals surface area (Å²) in [6.45, 7) is 4.26. The molecule has 1 amide bonds. The molecular formula is C18H25N3O2S.